The van der Waals surface area contributed by atoms with Crippen LogP contribution in [0, 0.1) is 5.92 Å². The fourth-order valence-electron chi connectivity index (χ4n) is 3.73. The Morgan fingerprint density at radius 3 is 2.79 bits per heavy atom. The summed E-state index contributed by atoms with van der Waals surface area (Å²) in [6, 6.07) is 5.89. The lowest BCUT2D eigenvalue weighted by atomic mass is 9.59. The van der Waals surface area contributed by atoms with Gasteiger partial charge in [0.2, 0.25) is 0 Å². The lowest BCUT2D eigenvalue weighted by molar-refractivity contribution is -0.147. The van der Waals surface area contributed by atoms with Crippen LogP contribution in [0.5, 0.6) is 0 Å². The van der Waals surface area contributed by atoms with E-state index in [4.69, 9.17) is 16.3 Å². The largest absolute Gasteiger partial charge is 0.481 e. The summed E-state index contributed by atoms with van der Waals surface area (Å²) in [5, 5.41) is 10.3. The molecule has 0 saturated carbocycles. The van der Waals surface area contributed by atoms with Gasteiger partial charge in [-0.25, -0.2) is 0 Å². The second-order valence-electron chi connectivity index (χ2n) is 5.50. The molecular weight excluding hydrogens is 264 g/mol. The van der Waals surface area contributed by atoms with Crippen LogP contribution in [0.3, 0.4) is 0 Å². The molecule has 1 aliphatic carbocycles. The van der Waals surface area contributed by atoms with Crippen molar-refractivity contribution in [2.45, 2.75) is 31.1 Å². The molecule has 1 N–H and O–H groups in total. The van der Waals surface area contributed by atoms with E-state index in [-0.39, 0.29) is 11.3 Å². The third-order valence-corrected chi connectivity index (χ3v) is 4.89. The molecule has 1 spiro atoms. The van der Waals surface area contributed by atoms with Crippen molar-refractivity contribution in [2.75, 3.05) is 13.2 Å². The van der Waals surface area contributed by atoms with Crippen LogP contribution in [0.25, 0.3) is 0 Å². The second kappa shape index (κ2) is 4.80. The molecule has 1 atom stereocenters. The van der Waals surface area contributed by atoms with Crippen molar-refractivity contribution in [2.24, 2.45) is 5.92 Å². The van der Waals surface area contributed by atoms with Gasteiger partial charge >= 0.3 is 5.97 Å². The molecule has 1 heterocycles. The van der Waals surface area contributed by atoms with Crippen molar-refractivity contribution in [3.63, 3.8) is 0 Å². The third-order valence-electron chi connectivity index (χ3n) is 4.66. The highest BCUT2D eigenvalue weighted by atomic mass is 35.5. The van der Waals surface area contributed by atoms with Crippen molar-refractivity contribution in [1.29, 1.82) is 0 Å². The van der Waals surface area contributed by atoms with Gasteiger partial charge in [0.05, 0.1) is 5.92 Å². The van der Waals surface area contributed by atoms with E-state index < -0.39 is 5.97 Å². The zero-order valence-electron chi connectivity index (χ0n) is 10.7. The summed E-state index contributed by atoms with van der Waals surface area (Å²) < 4.78 is 5.44. The van der Waals surface area contributed by atoms with Gasteiger partial charge in [0.1, 0.15) is 0 Å². The van der Waals surface area contributed by atoms with Crippen LogP contribution in [0.2, 0.25) is 5.02 Å². The normalized spacial score (nSPS) is 25.0. The highest BCUT2D eigenvalue weighted by Crippen LogP contribution is 2.48. The first-order valence-corrected chi connectivity index (χ1v) is 7.11. The average molecular weight is 281 g/mol. The summed E-state index contributed by atoms with van der Waals surface area (Å²) in [6.45, 7) is 1.29. The Bertz CT molecular complexity index is 506. The second-order valence-corrected chi connectivity index (χ2v) is 5.94. The molecule has 3 rings (SSSR count). The molecule has 0 radical (unpaired) electrons. The van der Waals surface area contributed by atoms with Crippen molar-refractivity contribution in [1.82, 2.24) is 0 Å². The molecule has 0 bridgehead atoms. The summed E-state index contributed by atoms with van der Waals surface area (Å²) in [5.74, 6) is -0.979. The Hall–Kier alpha value is -1.06. The topological polar surface area (TPSA) is 46.5 Å². The Kier molecular flexibility index (Phi) is 3.27. The molecule has 1 aliphatic heterocycles. The van der Waals surface area contributed by atoms with Crippen LogP contribution < -0.4 is 0 Å². The minimum Gasteiger partial charge on any atom is -0.481 e. The molecule has 4 heteroatoms. The minimum atomic E-state index is -0.678. The minimum absolute atomic E-state index is 0.262. The fraction of sp³-hybridized carbons (Fsp3) is 0.533. The first-order valence-electron chi connectivity index (χ1n) is 6.73. The predicted octanol–water partition coefficient (Wildman–Crippen LogP) is 3.04. The number of carbonyl (C=O) groups is 1. The monoisotopic (exact) mass is 280 g/mol. The Morgan fingerprint density at radius 1 is 1.37 bits per heavy atom. The van der Waals surface area contributed by atoms with Gasteiger partial charge in [0, 0.05) is 23.7 Å². The van der Waals surface area contributed by atoms with Crippen LogP contribution in [0.15, 0.2) is 18.2 Å². The smallest absolute Gasteiger partial charge is 0.307 e. The number of ether oxygens (including phenoxy) is 1. The van der Waals surface area contributed by atoms with Gasteiger partial charge < -0.3 is 9.84 Å². The molecule has 102 valence electrons. The number of carboxylic acids is 1. The van der Waals surface area contributed by atoms with E-state index in [1.165, 1.54) is 11.1 Å². The number of halogens is 1. The molecule has 1 fully saturated rings. The van der Waals surface area contributed by atoms with E-state index in [9.17, 15) is 9.90 Å². The molecule has 19 heavy (non-hydrogen) atoms. The summed E-state index contributed by atoms with van der Waals surface area (Å²) in [7, 11) is 0. The maximum atomic E-state index is 11.6. The lowest BCUT2D eigenvalue weighted by Gasteiger charge is -2.46. The van der Waals surface area contributed by atoms with E-state index in [0.29, 0.717) is 19.6 Å². The number of rotatable bonds is 1. The Balaban J connectivity index is 2.12. The molecule has 1 unspecified atom stereocenters. The van der Waals surface area contributed by atoms with Gasteiger partial charge in [0.15, 0.2) is 0 Å². The van der Waals surface area contributed by atoms with Crippen molar-refractivity contribution >= 4 is 17.6 Å². The van der Waals surface area contributed by atoms with Gasteiger partial charge in [-0.15, -0.1) is 0 Å². The van der Waals surface area contributed by atoms with Crippen molar-refractivity contribution < 1.29 is 14.6 Å². The molecule has 3 nitrogen and oxygen atoms in total. The number of hydrogen-bond acceptors (Lipinski definition) is 2. The molecule has 1 aromatic carbocycles. The van der Waals surface area contributed by atoms with E-state index in [1.807, 2.05) is 18.2 Å². The summed E-state index contributed by atoms with van der Waals surface area (Å²) >= 11 is 6.06. The number of aliphatic carboxylic acids is 1. The number of benzene rings is 1. The van der Waals surface area contributed by atoms with E-state index in [0.717, 1.165) is 24.3 Å². The van der Waals surface area contributed by atoms with Gasteiger partial charge in [-0.05, 0) is 48.9 Å². The molecule has 0 aromatic heterocycles. The van der Waals surface area contributed by atoms with Crippen LogP contribution in [0.1, 0.15) is 30.4 Å². The number of carboxylic acid groups (broad SMARTS) is 1. The molecular formula is C15H17ClO3. The SMILES string of the molecule is O=C(O)C1CCc2cc(Cl)ccc2C12CCOCC2. The van der Waals surface area contributed by atoms with Crippen LogP contribution in [-0.4, -0.2) is 24.3 Å². The van der Waals surface area contributed by atoms with E-state index in [2.05, 4.69) is 0 Å². The highest BCUT2D eigenvalue weighted by Gasteiger charge is 2.48. The van der Waals surface area contributed by atoms with E-state index in [1.54, 1.807) is 0 Å². The van der Waals surface area contributed by atoms with Gasteiger partial charge in [0.25, 0.3) is 0 Å². The zero-order valence-corrected chi connectivity index (χ0v) is 11.4. The maximum absolute atomic E-state index is 11.6. The summed E-state index contributed by atoms with van der Waals surface area (Å²) in [5.41, 5.74) is 2.13. The predicted molar refractivity (Wildman–Crippen MR) is 72.6 cm³/mol. The van der Waals surface area contributed by atoms with Crippen LogP contribution in [0.4, 0.5) is 0 Å². The molecule has 2 aliphatic rings. The molecule has 1 aromatic rings. The molecule has 1 saturated heterocycles. The van der Waals surface area contributed by atoms with Crippen molar-refractivity contribution in [3.05, 3.63) is 34.3 Å². The number of fused-ring (bicyclic) bond motifs is 2. The van der Waals surface area contributed by atoms with Gasteiger partial charge in [-0.3, -0.25) is 4.79 Å². The van der Waals surface area contributed by atoms with Crippen molar-refractivity contribution in [3.8, 4) is 0 Å². The Morgan fingerprint density at radius 2 is 2.11 bits per heavy atom. The maximum Gasteiger partial charge on any atom is 0.307 e. The highest BCUT2D eigenvalue weighted by molar-refractivity contribution is 6.30. The van der Waals surface area contributed by atoms with Crippen LogP contribution >= 0.6 is 11.6 Å². The number of aryl methyl sites for hydroxylation is 1. The Labute approximate surface area is 117 Å². The van der Waals surface area contributed by atoms with E-state index >= 15 is 0 Å². The quantitative estimate of drug-likeness (QED) is 0.860. The standard InChI is InChI=1S/C15H17ClO3/c16-11-2-4-12-10(9-11)1-3-13(14(17)18)15(12)5-7-19-8-6-15/h2,4,9,13H,1,3,5-8H2,(H,17,18). The first-order chi connectivity index (χ1) is 9.13. The fourth-order valence-corrected chi connectivity index (χ4v) is 3.93. The average Bonchev–Trinajstić information content (AvgIpc) is 2.39. The zero-order chi connectivity index (χ0) is 13.5. The van der Waals surface area contributed by atoms with Gasteiger partial charge in [-0.1, -0.05) is 17.7 Å². The van der Waals surface area contributed by atoms with Crippen LogP contribution in [-0.2, 0) is 21.4 Å². The number of hydrogen-bond donors (Lipinski definition) is 1. The lowest BCUT2D eigenvalue weighted by Crippen LogP contribution is -2.47. The first kappa shape index (κ1) is 12.9. The third kappa shape index (κ3) is 2.05. The summed E-state index contributed by atoms with van der Waals surface area (Å²) in [4.78, 5) is 11.6. The van der Waals surface area contributed by atoms with Gasteiger partial charge in [-0.2, -0.15) is 0 Å². The molecule has 0 amide bonds. The summed E-state index contributed by atoms with van der Waals surface area (Å²) in [6.07, 6.45) is 3.08.